The van der Waals surface area contributed by atoms with Crippen LogP contribution in [0, 0.1) is 0 Å². The highest BCUT2D eigenvalue weighted by Crippen LogP contribution is 2.23. The third-order valence-electron chi connectivity index (χ3n) is 3.27. The number of nitrogens with two attached hydrogens (primary N) is 1. The second kappa shape index (κ2) is 8.66. The molecule has 0 unspecified atom stereocenters. The molecule has 0 heterocycles. The molecule has 0 aliphatic rings. The van der Waals surface area contributed by atoms with Crippen LogP contribution in [0.25, 0.3) is 0 Å². The summed E-state index contributed by atoms with van der Waals surface area (Å²) in [5.74, 6) is 0.484. The molecule has 1 rings (SSSR count). The topological polar surface area (TPSA) is 64.3 Å². The van der Waals surface area contributed by atoms with Gasteiger partial charge in [0.25, 0.3) is 5.91 Å². The summed E-state index contributed by atoms with van der Waals surface area (Å²) in [6.45, 7) is 8.70. The molecule has 22 heavy (non-hydrogen) atoms. The monoisotopic (exact) mass is 306 g/mol. The molecule has 0 radical (unpaired) electrons. The van der Waals surface area contributed by atoms with Gasteiger partial charge in [-0.05, 0) is 45.4 Å². The van der Waals surface area contributed by atoms with Crippen LogP contribution in [0.15, 0.2) is 18.2 Å². The molecule has 4 heteroatoms. The van der Waals surface area contributed by atoms with Gasteiger partial charge in [0.1, 0.15) is 5.75 Å². The van der Waals surface area contributed by atoms with Gasteiger partial charge in [0, 0.05) is 11.1 Å². The number of nitrogen functional groups attached to an aromatic ring is 1. The van der Waals surface area contributed by atoms with E-state index >= 15 is 0 Å². The van der Waals surface area contributed by atoms with Gasteiger partial charge in [-0.1, -0.05) is 32.6 Å². The molecule has 0 saturated heterocycles. The van der Waals surface area contributed by atoms with Crippen molar-refractivity contribution in [2.75, 3.05) is 12.3 Å². The molecule has 124 valence electrons. The van der Waals surface area contributed by atoms with E-state index in [1.54, 1.807) is 18.2 Å². The van der Waals surface area contributed by atoms with Crippen LogP contribution in [0.5, 0.6) is 5.75 Å². The molecule has 1 aromatic carbocycles. The number of nitrogens with one attached hydrogen (secondary N) is 1. The second-order valence-electron chi connectivity index (χ2n) is 6.72. The zero-order chi connectivity index (χ0) is 16.6. The summed E-state index contributed by atoms with van der Waals surface area (Å²) in [7, 11) is 0. The Morgan fingerprint density at radius 3 is 2.50 bits per heavy atom. The summed E-state index contributed by atoms with van der Waals surface area (Å²) in [4.78, 5) is 12.2. The molecule has 1 amide bonds. The van der Waals surface area contributed by atoms with Gasteiger partial charge < -0.3 is 15.8 Å². The molecular weight excluding hydrogens is 276 g/mol. The summed E-state index contributed by atoms with van der Waals surface area (Å²) in [6.07, 6.45) is 5.92. The van der Waals surface area contributed by atoms with Gasteiger partial charge in [-0.3, -0.25) is 4.79 Å². The van der Waals surface area contributed by atoms with E-state index in [0.29, 0.717) is 23.6 Å². The first kappa shape index (κ1) is 18.3. The van der Waals surface area contributed by atoms with E-state index in [0.717, 1.165) is 12.8 Å². The van der Waals surface area contributed by atoms with Gasteiger partial charge in [-0.2, -0.15) is 0 Å². The number of unbranched alkanes of at least 4 members (excludes halogenated alkanes) is 4. The maximum Gasteiger partial charge on any atom is 0.251 e. The molecule has 0 fully saturated rings. The van der Waals surface area contributed by atoms with Crippen molar-refractivity contribution in [1.82, 2.24) is 5.32 Å². The summed E-state index contributed by atoms with van der Waals surface area (Å²) in [5, 5.41) is 2.94. The van der Waals surface area contributed by atoms with Crippen LogP contribution in [-0.2, 0) is 0 Å². The number of anilines is 1. The number of amides is 1. The lowest BCUT2D eigenvalue weighted by Crippen LogP contribution is -2.40. The van der Waals surface area contributed by atoms with Crippen LogP contribution in [-0.4, -0.2) is 18.1 Å². The first-order chi connectivity index (χ1) is 10.3. The van der Waals surface area contributed by atoms with Gasteiger partial charge in [-0.15, -0.1) is 0 Å². The van der Waals surface area contributed by atoms with E-state index in [-0.39, 0.29) is 11.4 Å². The van der Waals surface area contributed by atoms with Gasteiger partial charge in [0.2, 0.25) is 0 Å². The normalized spacial score (nSPS) is 11.3. The quantitative estimate of drug-likeness (QED) is 0.560. The summed E-state index contributed by atoms with van der Waals surface area (Å²) in [6, 6.07) is 5.18. The Morgan fingerprint density at radius 1 is 1.18 bits per heavy atom. The Balaban J connectivity index is 2.57. The van der Waals surface area contributed by atoms with Crippen LogP contribution in [0.1, 0.15) is 70.2 Å². The fraction of sp³-hybridized carbons (Fsp3) is 0.611. The van der Waals surface area contributed by atoms with Crippen molar-refractivity contribution in [2.45, 2.75) is 65.3 Å². The summed E-state index contributed by atoms with van der Waals surface area (Å²) >= 11 is 0. The first-order valence-corrected chi connectivity index (χ1v) is 8.18. The van der Waals surface area contributed by atoms with Crippen LogP contribution >= 0.6 is 0 Å². The highest BCUT2D eigenvalue weighted by atomic mass is 16.5. The summed E-state index contributed by atoms with van der Waals surface area (Å²) in [5.41, 5.74) is 6.80. The smallest absolute Gasteiger partial charge is 0.251 e. The van der Waals surface area contributed by atoms with Crippen molar-refractivity contribution in [3.05, 3.63) is 23.8 Å². The van der Waals surface area contributed by atoms with Crippen LogP contribution in [0.4, 0.5) is 5.69 Å². The van der Waals surface area contributed by atoms with Crippen molar-refractivity contribution in [2.24, 2.45) is 0 Å². The predicted octanol–water partition coefficient (Wildman–Crippen LogP) is 4.15. The zero-order valence-corrected chi connectivity index (χ0v) is 14.4. The first-order valence-electron chi connectivity index (χ1n) is 8.18. The van der Waals surface area contributed by atoms with Gasteiger partial charge >= 0.3 is 0 Å². The second-order valence-corrected chi connectivity index (χ2v) is 6.72. The van der Waals surface area contributed by atoms with E-state index in [2.05, 4.69) is 12.2 Å². The molecular formula is C18H30N2O2. The molecule has 0 saturated carbocycles. The van der Waals surface area contributed by atoms with Gasteiger partial charge in [0.15, 0.2) is 0 Å². The molecule has 0 aliphatic heterocycles. The summed E-state index contributed by atoms with van der Waals surface area (Å²) < 4.78 is 5.73. The highest BCUT2D eigenvalue weighted by molar-refractivity contribution is 5.95. The Labute approximate surface area is 134 Å². The molecule has 1 aromatic rings. The number of benzene rings is 1. The fourth-order valence-electron chi connectivity index (χ4n) is 2.10. The minimum atomic E-state index is -0.265. The average molecular weight is 306 g/mol. The van der Waals surface area contributed by atoms with E-state index in [1.165, 1.54) is 19.3 Å². The predicted molar refractivity (Wildman–Crippen MR) is 92.3 cm³/mol. The highest BCUT2D eigenvalue weighted by Gasteiger charge is 2.16. The minimum absolute atomic E-state index is 0.111. The van der Waals surface area contributed by atoms with Crippen LogP contribution in [0.3, 0.4) is 0 Å². The third kappa shape index (κ3) is 6.83. The molecule has 4 nitrogen and oxygen atoms in total. The van der Waals surface area contributed by atoms with Crippen LogP contribution in [0.2, 0.25) is 0 Å². The van der Waals surface area contributed by atoms with Crippen molar-refractivity contribution in [3.8, 4) is 5.75 Å². The molecule has 3 N–H and O–H groups in total. The van der Waals surface area contributed by atoms with Gasteiger partial charge in [-0.25, -0.2) is 0 Å². The lowest BCUT2D eigenvalue weighted by molar-refractivity contribution is 0.0919. The zero-order valence-electron chi connectivity index (χ0n) is 14.4. The average Bonchev–Trinajstić information content (AvgIpc) is 2.42. The van der Waals surface area contributed by atoms with Crippen molar-refractivity contribution in [3.63, 3.8) is 0 Å². The minimum Gasteiger partial charge on any atom is -0.491 e. The molecule has 0 aliphatic carbocycles. The number of rotatable bonds is 8. The number of hydrogen-bond acceptors (Lipinski definition) is 3. The van der Waals surface area contributed by atoms with E-state index in [1.807, 2.05) is 20.8 Å². The molecule has 0 bridgehead atoms. The van der Waals surface area contributed by atoms with E-state index < -0.39 is 0 Å². The lowest BCUT2D eigenvalue weighted by Gasteiger charge is -2.21. The Kier molecular flexibility index (Phi) is 7.22. The number of carbonyl (C=O) groups is 1. The Hall–Kier alpha value is -1.71. The maximum atomic E-state index is 12.2. The van der Waals surface area contributed by atoms with E-state index in [4.69, 9.17) is 10.5 Å². The van der Waals surface area contributed by atoms with Gasteiger partial charge in [0.05, 0.1) is 12.3 Å². The number of hydrogen-bond donors (Lipinski definition) is 2. The fourth-order valence-corrected chi connectivity index (χ4v) is 2.10. The van der Waals surface area contributed by atoms with Crippen molar-refractivity contribution in [1.29, 1.82) is 0 Å². The third-order valence-corrected chi connectivity index (χ3v) is 3.27. The SMILES string of the molecule is CCCCCCCOc1cc(C(=O)NC(C)(C)C)ccc1N. The van der Waals surface area contributed by atoms with Crippen molar-refractivity contribution < 1.29 is 9.53 Å². The largest absolute Gasteiger partial charge is 0.491 e. The number of ether oxygens (including phenoxy) is 1. The molecule has 0 atom stereocenters. The lowest BCUT2D eigenvalue weighted by atomic mass is 10.1. The van der Waals surface area contributed by atoms with Crippen LogP contribution < -0.4 is 15.8 Å². The maximum absolute atomic E-state index is 12.2. The molecule has 0 spiro atoms. The van der Waals surface area contributed by atoms with E-state index in [9.17, 15) is 4.79 Å². The Morgan fingerprint density at radius 2 is 1.86 bits per heavy atom. The standard InChI is InChI=1S/C18H30N2O2/c1-5-6-7-8-9-12-22-16-13-14(10-11-15(16)19)17(21)20-18(2,3)4/h10-11,13H,5-9,12,19H2,1-4H3,(H,20,21). The van der Waals surface area contributed by atoms with Crippen molar-refractivity contribution >= 4 is 11.6 Å². The Bertz CT molecular complexity index is 478. The number of carbonyl (C=O) groups excluding carboxylic acids is 1. The molecule has 0 aromatic heterocycles.